The lowest BCUT2D eigenvalue weighted by atomic mass is 10.0. The Morgan fingerprint density at radius 1 is 0.943 bits per heavy atom. The van der Waals surface area contributed by atoms with Gasteiger partial charge in [0.25, 0.3) is 5.91 Å². The molecule has 1 aliphatic heterocycles. The Balaban J connectivity index is 1.49. The number of aromatic nitrogens is 2. The first-order valence-corrected chi connectivity index (χ1v) is 11.0. The van der Waals surface area contributed by atoms with E-state index in [4.69, 9.17) is 0 Å². The number of aryl methyl sites for hydroxylation is 2. The number of nitrogens with one attached hydrogen (secondary N) is 1. The predicted octanol–water partition coefficient (Wildman–Crippen LogP) is 6.49. The van der Waals surface area contributed by atoms with E-state index in [1.807, 2.05) is 74.5 Å². The fourth-order valence-corrected chi connectivity index (χ4v) is 3.97. The molecule has 1 aromatic heterocycles. The number of para-hydroxylation sites is 2. The summed E-state index contributed by atoms with van der Waals surface area (Å²) in [4.78, 5) is 17.9. The Labute approximate surface area is 202 Å². The number of azo groups is 1. The number of anilines is 1. The summed E-state index contributed by atoms with van der Waals surface area (Å²) in [5.41, 5.74) is 9.33. The minimum atomic E-state index is -0.333. The Morgan fingerprint density at radius 2 is 1.69 bits per heavy atom. The highest BCUT2D eigenvalue weighted by Crippen LogP contribution is 2.31. The molecule has 2 heterocycles. The minimum absolute atomic E-state index is 0.169. The maximum Gasteiger partial charge on any atom is 0.284 e. The van der Waals surface area contributed by atoms with Gasteiger partial charge in [0, 0.05) is 5.57 Å². The molecule has 8 heteroatoms. The van der Waals surface area contributed by atoms with Crippen molar-refractivity contribution in [1.82, 2.24) is 9.55 Å². The zero-order valence-corrected chi connectivity index (χ0v) is 19.4. The van der Waals surface area contributed by atoms with Gasteiger partial charge >= 0.3 is 0 Å². The smallest absolute Gasteiger partial charge is 0.277 e. The van der Waals surface area contributed by atoms with Crippen LogP contribution in [0.1, 0.15) is 28.7 Å². The van der Waals surface area contributed by atoms with Gasteiger partial charge in [-0.3, -0.25) is 14.8 Å². The molecule has 0 bridgehead atoms. The number of nitrogens with zero attached hydrogens (tertiary/aromatic N) is 6. The summed E-state index contributed by atoms with van der Waals surface area (Å²) in [5.74, 6) is 0.00987. The predicted molar refractivity (Wildman–Crippen MR) is 136 cm³/mol. The highest BCUT2D eigenvalue weighted by molar-refractivity contribution is 6.49. The minimum Gasteiger partial charge on any atom is -0.277 e. The zero-order valence-electron chi connectivity index (χ0n) is 19.4. The molecule has 0 fully saturated rings. The first kappa shape index (κ1) is 21.9. The third-order valence-corrected chi connectivity index (χ3v) is 5.89. The molecule has 4 aromatic rings. The van der Waals surface area contributed by atoms with Crippen LogP contribution < -0.4 is 5.43 Å². The van der Waals surface area contributed by atoms with Crippen LogP contribution >= 0.6 is 0 Å². The van der Waals surface area contributed by atoms with E-state index in [2.05, 4.69) is 31.8 Å². The molecule has 0 atom stereocenters. The standard InChI is InChI=1S/C27H21N7O/c1-16-14-23(17(2)13-22(16)31-30-19-9-5-4-6-10-19)32-33-25-18(3)20(15-28)26-29-21-11-7-8-12-24(21)34(26)27(25)35/h4-14,32H,1-3H3/b31-30?,33-25+. The Hall–Kier alpha value is -4.90. The second-order valence-corrected chi connectivity index (χ2v) is 8.24. The quantitative estimate of drug-likeness (QED) is 0.278. The first-order valence-electron chi connectivity index (χ1n) is 11.0. The zero-order chi connectivity index (χ0) is 24.5. The van der Waals surface area contributed by atoms with Gasteiger partial charge in [0.05, 0.1) is 28.1 Å². The molecule has 35 heavy (non-hydrogen) atoms. The van der Waals surface area contributed by atoms with Crippen LogP contribution in [-0.2, 0) is 0 Å². The molecular formula is C27H21N7O. The molecule has 1 N–H and O–H groups in total. The van der Waals surface area contributed by atoms with Crippen molar-refractivity contribution in [3.05, 3.63) is 89.3 Å². The number of hydrazone groups is 1. The maximum absolute atomic E-state index is 13.4. The summed E-state index contributed by atoms with van der Waals surface area (Å²) in [7, 11) is 0. The highest BCUT2D eigenvalue weighted by atomic mass is 16.2. The number of imidazole rings is 1. The Kier molecular flexibility index (Phi) is 5.51. The summed E-state index contributed by atoms with van der Waals surface area (Å²) in [6, 6.07) is 22.8. The third-order valence-electron chi connectivity index (χ3n) is 5.89. The molecule has 0 saturated heterocycles. The summed E-state index contributed by atoms with van der Waals surface area (Å²) in [6.45, 7) is 5.58. The van der Waals surface area contributed by atoms with Gasteiger partial charge in [-0.1, -0.05) is 30.3 Å². The SMILES string of the molecule is CC1=C(C#N)c2nc3ccccc3n2C(=O)/C1=N/Nc1cc(C)c(N=Nc2ccccc2)cc1C. The van der Waals surface area contributed by atoms with E-state index in [0.717, 1.165) is 28.2 Å². The fraction of sp³-hybridized carbons (Fsp3) is 0.111. The molecular weight excluding hydrogens is 438 g/mol. The van der Waals surface area contributed by atoms with Gasteiger partial charge in [0.15, 0.2) is 11.5 Å². The van der Waals surface area contributed by atoms with Crippen molar-refractivity contribution in [2.45, 2.75) is 20.8 Å². The molecule has 0 radical (unpaired) electrons. The number of hydrogen-bond donors (Lipinski definition) is 1. The van der Waals surface area contributed by atoms with Crippen molar-refractivity contribution < 1.29 is 4.79 Å². The fourth-order valence-electron chi connectivity index (χ4n) is 3.97. The highest BCUT2D eigenvalue weighted by Gasteiger charge is 2.32. The van der Waals surface area contributed by atoms with Gasteiger partial charge in [-0.25, -0.2) is 4.98 Å². The maximum atomic E-state index is 13.4. The van der Waals surface area contributed by atoms with Gasteiger partial charge in [0.2, 0.25) is 0 Å². The molecule has 3 aromatic carbocycles. The van der Waals surface area contributed by atoms with E-state index in [0.29, 0.717) is 28.0 Å². The molecule has 5 rings (SSSR count). The Morgan fingerprint density at radius 3 is 2.46 bits per heavy atom. The number of carbonyl (C=O) groups is 1. The van der Waals surface area contributed by atoms with Crippen LogP contribution in [0, 0.1) is 25.2 Å². The van der Waals surface area contributed by atoms with Gasteiger partial charge in [0.1, 0.15) is 11.6 Å². The number of benzene rings is 3. The van der Waals surface area contributed by atoms with E-state index < -0.39 is 0 Å². The van der Waals surface area contributed by atoms with Crippen molar-refractivity contribution in [2.24, 2.45) is 15.3 Å². The van der Waals surface area contributed by atoms with Crippen molar-refractivity contribution in [3.63, 3.8) is 0 Å². The van der Waals surface area contributed by atoms with Crippen LogP contribution in [0.3, 0.4) is 0 Å². The third kappa shape index (κ3) is 3.89. The van der Waals surface area contributed by atoms with Crippen molar-refractivity contribution >= 4 is 45.3 Å². The molecule has 1 aliphatic rings. The Bertz CT molecular complexity index is 1620. The average molecular weight is 460 g/mol. The van der Waals surface area contributed by atoms with Gasteiger partial charge in [-0.15, -0.1) is 0 Å². The molecule has 0 aliphatic carbocycles. The van der Waals surface area contributed by atoms with E-state index in [9.17, 15) is 10.1 Å². The molecule has 8 nitrogen and oxygen atoms in total. The average Bonchev–Trinajstić information content (AvgIpc) is 3.25. The topological polar surface area (TPSA) is 108 Å². The number of hydrogen-bond acceptors (Lipinski definition) is 7. The van der Waals surface area contributed by atoms with Gasteiger partial charge in [-0.2, -0.15) is 20.6 Å². The van der Waals surface area contributed by atoms with Gasteiger partial charge in [-0.05, 0) is 68.3 Å². The number of fused-ring (bicyclic) bond motifs is 3. The van der Waals surface area contributed by atoms with Crippen molar-refractivity contribution in [1.29, 1.82) is 5.26 Å². The van der Waals surface area contributed by atoms with Crippen LogP contribution in [0.2, 0.25) is 0 Å². The number of rotatable bonds is 4. The van der Waals surface area contributed by atoms with Crippen LogP contribution in [0.4, 0.5) is 17.1 Å². The molecule has 170 valence electrons. The monoisotopic (exact) mass is 459 g/mol. The summed E-state index contributed by atoms with van der Waals surface area (Å²) in [5, 5.41) is 22.9. The summed E-state index contributed by atoms with van der Waals surface area (Å²) in [6.07, 6.45) is 0. The molecule has 0 unspecified atom stereocenters. The normalized spacial score (nSPS) is 14.6. The van der Waals surface area contributed by atoms with Crippen LogP contribution in [0.15, 0.2) is 87.6 Å². The van der Waals surface area contributed by atoms with E-state index in [1.54, 1.807) is 13.0 Å². The number of allylic oxidation sites excluding steroid dienone is 2. The number of carbonyl (C=O) groups excluding carboxylic acids is 1. The van der Waals surface area contributed by atoms with Crippen molar-refractivity contribution in [3.8, 4) is 6.07 Å². The molecule has 0 saturated carbocycles. The lowest BCUT2D eigenvalue weighted by Gasteiger charge is -2.17. The van der Waals surface area contributed by atoms with Crippen LogP contribution in [0.5, 0.6) is 0 Å². The van der Waals surface area contributed by atoms with E-state index >= 15 is 0 Å². The summed E-state index contributed by atoms with van der Waals surface area (Å²) >= 11 is 0. The lowest BCUT2D eigenvalue weighted by Crippen LogP contribution is -2.30. The van der Waals surface area contributed by atoms with Crippen molar-refractivity contribution in [2.75, 3.05) is 5.43 Å². The largest absolute Gasteiger partial charge is 0.284 e. The molecule has 0 amide bonds. The lowest BCUT2D eigenvalue weighted by molar-refractivity contribution is 0.0992. The van der Waals surface area contributed by atoms with E-state index in [-0.39, 0.29) is 11.6 Å². The van der Waals surface area contributed by atoms with E-state index in [1.165, 1.54) is 4.57 Å². The second-order valence-electron chi connectivity index (χ2n) is 8.24. The van der Waals surface area contributed by atoms with Crippen LogP contribution in [0.25, 0.3) is 16.6 Å². The van der Waals surface area contributed by atoms with Crippen LogP contribution in [-0.4, -0.2) is 21.2 Å². The second kappa shape index (κ2) is 8.80. The first-order chi connectivity index (χ1) is 17.0. The number of nitriles is 1. The molecule has 0 spiro atoms. The van der Waals surface area contributed by atoms with Gasteiger partial charge < -0.3 is 0 Å². The summed E-state index contributed by atoms with van der Waals surface area (Å²) < 4.78 is 1.45.